The van der Waals surface area contributed by atoms with Crippen LogP contribution in [0.2, 0.25) is 0 Å². The molecule has 1 aliphatic carbocycles. The summed E-state index contributed by atoms with van der Waals surface area (Å²) in [6.45, 7) is 0. The van der Waals surface area contributed by atoms with Crippen LogP contribution >= 0.6 is 0 Å². The summed E-state index contributed by atoms with van der Waals surface area (Å²) in [4.78, 5) is 11.1. The average molecular weight is 214 g/mol. The fourth-order valence-corrected chi connectivity index (χ4v) is 1.79. The summed E-state index contributed by atoms with van der Waals surface area (Å²) in [6, 6.07) is 3.64. The van der Waals surface area contributed by atoms with Crippen LogP contribution in [0.5, 0.6) is 0 Å². The van der Waals surface area contributed by atoms with E-state index in [1.54, 1.807) is 0 Å². The molecular formula is C11H9F3O. The maximum atomic E-state index is 12.4. The van der Waals surface area contributed by atoms with Crippen molar-refractivity contribution in [2.24, 2.45) is 0 Å². The van der Waals surface area contributed by atoms with Gasteiger partial charge in [0.15, 0.2) is 0 Å². The average Bonchev–Trinajstić information content (AvgIpc) is 2.15. The van der Waals surface area contributed by atoms with Gasteiger partial charge in [0, 0.05) is 12.8 Å². The normalized spacial score (nSPS) is 16.3. The molecule has 80 valence electrons. The van der Waals surface area contributed by atoms with Crippen LogP contribution in [0.4, 0.5) is 13.2 Å². The Morgan fingerprint density at radius 2 is 1.80 bits per heavy atom. The van der Waals surface area contributed by atoms with Gasteiger partial charge < -0.3 is 0 Å². The fraction of sp³-hybridized carbons (Fsp3) is 0.364. The Balaban J connectivity index is 2.41. The monoisotopic (exact) mass is 214 g/mol. The van der Waals surface area contributed by atoms with Crippen molar-refractivity contribution >= 4 is 5.78 Å². The number of hydrogen-bond donors (Lipinski definition) is 0. The van der Waals surface area contributed by atoms with Crippen LogP contribution in [-0.4, -0.2) is 5.78 Å². The summed E-state index contributed by atoms with van der Waals surface area (Å²) >= 11 is 0. The Morgan fingerprint density at radius 1 is 1.07 bits per heavy atom. The number of halogens is 3. The second kappa shape index (κ2) is 3.36. The Bertz CT molecular complexity index is 407. The molecule has 1 aromatic rings. The first kappa shape index (κ1) is 10.2. The number of alkyl halides is 3. The number of benzene rings is 1. The van der Waals surface area contributed by atoms with Crippen LogP contribution in [0.3, 0.4) is 0 Å². The Morgan fingerprint density at radius 3 is 2.47 bits per heavy atom. The molecule has 0 amide bonds. The first-order valence-corrected chi connectivity index (χ1v) is 4.67. The molecule has 0 heterocycles. The topological polar surface area (TPSA) is 17.1 Å². The van der Waals surface area contributed by atoms with E-state index in [4.69, 9.17) is 0 Å². The van der Waals surface area contributed by atoms with Crippen molar-refractivity contribution in [1.29, 1.82) is 0 Å². The SMILES string of the molecule is O=C1CCc2ccc(C(F)(F)F)cc2C1. The molecule has 15 heavy (non-hydrogen) atoms. The zero-order valence-electron chi connectivity index (χ0n) is 7.90. The van der Waals surface area contributed by atoms with E-state index >= 15 is 0 Å². The third kappa shape index (κ3) is 2.03. The molecule has 0 saturated carbocycles. The first-order valence-electron chi connectivity index (χ1n) is 4.67. The molecule has 0 radical (unpaired) electrons. The number of carbonyl (C=O) groups excluding carboxylic acids is 1. The number of rotatable bonds is 0. The summed E-state index contributed by atoms with van der Waals surface area (Å²) in [6.07, 6.45) is -3.18. The van der Waals surface area contributed by atoms with Crippen LogP contribution in [0.15, 0.2) is 18.2 Å². The molecular weight excluding hydrogens is 205 g/mol. The largest absolute Gasteiger partial charge is 0.416 e. The van der Waals surface area contributed by atoms with Gasteiger partial charge in [-0.15, -0.1) is 0 Å². The summed E-state index contributed by atoms with van der Waals surface area (Å²) in [5.41, 5.74) is 0.722. The smallest absolute Gasteiger partial charge is 0.299 e. The predicted octanol–water partition coefficient (Wildman–Crippen LogP) is 2.76. The maximum absolute atomic E-state index is 12.4. The van der Waals surface area contributed by atoms with Crippen molar-refractivity contribution in [2.45, 2.75) is 25.4 Å². The van der Waals surface area contributed by atoms with Crippen molar-refractivity contribution in [3.8, 4) is 0 Å². The number of fused-ring (bicyclic) bond motifs is 1. The summed E-state index contributed by atoms with van der Waals surface area (Å²) in [5.74, 6) is 0.0156. The molecule has 0 fully saturated rings. The van der Waals surface area contributed by atoms with Crippen LogP contribution in [0.1, 0.15) is 23.1 Å². The van der Waals surface area contributed by atoms with Gasteiger partial charge >= 0.3 is 6.18 Å². The van der Waals surface area contributed by atoms with Gasteiger partial charge in [-0.3, -0.25) is 4.79 Å². The van der Waals surface area contributed by atoms with E-state index in [9.17, 15) is 18.0 Å². The van der Waals surface area contributed by atoms with E-state index in [1.807, 2.05) is 0 Å². The second-order valence-electron chi connectivity index (χ2n) is 3.70. The maximum Gasteiger partial charge on any atom is 0.416 e. The zero-order chi connectivity index (χ0) is 11.1. The van der Waals surface area contributed by atoms with Crippen molar-refractivity contribution < 1.29 is 18.0 Å². The quantitative estimate of drug-likeness (QED) is 0.649. The van der Waals surface area contributed by atoms with E-state index in [0.29, 0.717) is 18.4 Å². The highest BCUT2D eigenvalue weighted by Gasteiger charge is 2.31. The number of ketones is 1. The molecule has 0 aliphatic heterocycles. The molecule has 1 aromatic carbocycles. The number of Topliss-reactive ketones (excluding diaryl/α,β-unsaturated/α-hetero) is 1. The van der Waals surface area contributed by atoms with E-state index in [2.05, 4.69) is 0 Å². The molecule has 4 heteroatoms. The van der Waals surface area contributed by atoms with Gasteiger partial charge in [-0.05, 0) is 29.7 Å². The molecule has 0 saturated heterocycles. The van der Waals surface area contributed by atoms with Gasteiger partial charge in [-0.1, -0.05) is 6.07 Å². The molecule has 0 N–H and O–H groups in total. The predicted molar refractivity (Wildman–Crippen MR) is 48.5 cm³/mol. The Hall–Kier alpha value is -1.32. The summed E-state index contributed by atoms with van der Waals surface area (Å²) in [5, 5.41) is 0. The molecule has 0 unspecified atom stereocenters. The third-order valence-electron chi connectivity index (χ3n) is 2.59. The molecule has 1 aliphatic rings. The lowest BCUT2D eigenvalue weighted by atomic mass is 9.89. The number of aryl methyl sites for hydroxylation is 1. The Labute approximate surface area is 84.9 Å². The lowest BCUT2D eigenvalue weighted by Gasteiger charge is -2.16. The van der Waals surface area contributed by atoms with E-state index in [0.717, 1.165) is 17.7 Å². The van der Waals surface area contributed by atoms with E-state index in [-0.39, 0.29) is 12.2 Å². The second-order valence-corrected chi connectivity index (χ2v) is 3.70. The van der Waals surface area contributed by atoms with Gasteiger partial charge in [-0.25, -0.2) is 0 Å². The van der Waals surface area contributed by atoms with Gasteiger partial charge in [0.05, 0.1) is 5.56 Å². The van der Waals surface area contributed by atoms with Crippen LogP contribution in [-0.2, 0) is 23.8 Å². The van der Waals surface area contributed by atoms with Crippen LogP contribution < -0.4 is 0 Å². The molecule has 1 nitrogen and oxygen atoms in total. The van der Waals surface area contributed by atoms with Gasteiger partial charge in [-0.2, -0.15) is 13.2 Å². The summed E-state index contributed by atoms with van der Waals surface area (Å²) in [7, 11) is 0. The first-order chi connectivity index (χ1) is 6.97. The van der Waals surface area contributed by atoms with Crippen molar-refractivity contribution in [3.05, 3.63) is 34.9 Å². The highest BCUT2D eigenvalue weighted by molar-refractivity contribution is 5.83. The lowest BCUT2D eigenvalue weighted by Crippen LogP contribution is -2.15. The number of hydrogen-bond acceptors (Lipinski definition) is 1. The highest BCUT2D eigenvalue weighted by Crippen LogP contribution is 2.32. The molecule has 0 bridgehead atoms. The van der Waals surface area contributed by atoms with Crippen molar-refractivity contribution in [3.63, 3.8) is 0 Å². The minimum Gasteiger partial charge on any atom is -0.299 e. The van der Waals surface area contributed by atoms with Crippen LogP contribution in [0, 0.1) is 0 Å². The summed E-state index contributed by atoms with van der Waals surface area (Å²) < 4.78 is 37.1. The van der Waals surface area contributed by atoms with Gasteiger partial charge in [0.2, 0.25) is 0 Å². The minimum atomic E-state index is -4.32. The third-order valence-corrected chi connectivity index (χ3v) is 2.59. The standard InChI is InChI=1S/C11H9F3O/c12-11(13,14)9-3-1-7-2-4-10(15)6-8(7)5-9/h1,3,5H,2,4,6H2. The highest BCUT2D eigenvalue weighted by atomic mass is 19.4. The van der Waals surface area contributed by atoms with Crippen LogP contribution in [0.25, 0.3) is 0 Å². The van der Waals surface area contributed by atoms with Crippen molar-refractivity contribution in [2.75, 3.05) is 0 Å². The lowest BCUT2D eigenvalue weighted by molar-refractivity contribution is -0.137. The fourth-order valence-electron chi connectivity index (χ4n) is 1.79. The Kier molecular flexibility index (Phi) is 2.29. The van der Waals surface area contributed by atoms with Crippen molar-refractivity contribution in [1.82, 2.24) is 0 Å². The minimum absolute atomic E-state index is 0.0156. The van der Waals surface area contributed by atoms with Gasteiger partial charge in [0.1, 0.15) is 5.78 Å². The molecule has 0 atom stereocenters. The van der Waals surface area contributed by atoms with E-state index in [1.165, 1.54) is 6.07 Å². The van der Waals surface area contributed by atoms with Gasteiger partial charge in [0.25, 0.3) is 0 Å². The van der Waals surface area contributed by atoms with E-state index < -0.39 is 11.7 Å². The molecule has 2 rings (SSSR count). The molecule has 0 spiro atoms. The number of carbonyl (C=O) groups is 1. The molecule has 0 aromatic heterocycles. The zero-order valence-corrected chi connectivity index (χ0v) is 7.90.